The molecule has 1 aliphatic rings. The SMILES string of the molecule is CC1CCCN(C(=O)Nc2cc(N)ccc2F)C1. The predicted octanol–water partition coefficient (Wildman–Crippen LogP) is 2.67. The summed E-state index contributed by atoms with van der Waals surface area (Å²) in [6.07, 6.45) is 2.13. The van der Waals surface area contributed by atoms with Crippen molar-refractivity contribution >= 4 is 17.4 Å². The van der Waals surface area contributed by atoms with Gasteiger partial charge in [-0.05, 0) is 37.0 Å². The van der Waals surface area contributed by atoms with Crippen LogP contribution in [0.15, 0.2) is 18.2 Å². The molecule has 2 rings (SSSR count). The molecule has 1 saturated heterocycles. The molecule has 1 heterocycles. The van der Waals surface area contributed by atoms with Crippen molar-refractivity contribution in [2.45, 2.75) is 19.8 Å². The van der Waals surface area contributed by atoms with E-state index in [9.17, 15) is 9.18 Å². The van der Waals surface area contributed by atoms with Crippen LogP contribution in [0.1, 0.15) is 19.8 Å². The van der Waals surface area contributed by atoms with Gasteiger partial charge in [-0.15, -0.1) is 0 Å². The average Bonchev–Trinajstić information content (AvgIpc) is 2.34. The van der Waals surface area contributed by atoms with Crippen LogP contribution in [0.5, 0.6) is 0 Å². The van der Waals surface area contributed by atoms with Crippen LogP contribution in [0, 0.1) is 11.7 Å². The molecule has 18 heavy (non-hydrogen) atoms. The number of carbonyl (C=O) groups excluding carboxylic acids is 1. The normalized spacial score (nSPS) is 19.7. The van der Waals surface area contributed by atoms with E-state index in [1.54, 1.807) is 4.90 Å². The first-order valence-corrected chi connectivity index (χ1v) is 6.17. The van der Waals surface area contributed by atoms with Crippen molar-refractivity contribution in [3.05, 3.63) is 24.0 Å². The summed E-state index contributed by atoms with van der Waals surface area (Å²) in [5, 5.41) is 2.57. The molecule has 1 aliphatic heterocycles. The number of benzene rings is 1. The van der Waals surface area contributed by atoms with E-state index in [4.69, 9.17) is 5.73 Å². The highest BCUT2D eigenvalue weighted by Crippen LogP contribution is 2.20. The first-order valence-electron chi connectivity index (χ1n) is 6.17. The second-order valence-corrected chi connectivity index (χ2v) is 4.86. The van der Waals surface area contributed by atoms with Gasteiger partial charge in [0.2, 0.25) is 0 Å². The maximum Gasteiger partial charge on any atom is 0.321 e. The Balaban J connectivity index is 2.04. The number of hydrogen-bond acceptors (Lipinski definition) is 2. The van der Waals surface area contributed by atoms with Gasteiger partial charge in [0.05, 0.1) is 5.69 Å². The van der Waals surface area contributed by atoms with E-state index in [1.165, 1.54) is 18.2 Å². The highest BCUT2D eigenvalue weighted by molar-refractivity contribution is 5.90. The van der Waals surface area contributed by atoms with E-state index in [1.807, 2.05) is 0 Å². The average molecular weight is 251 g/mol. The Morgan fingerprint density at radius 3 is 3.06 bits per heavy atom. The number of piperidine rings is 1. The van der Waals surface area contributed by atoms with E-state index >= 15 is 0 Å². The molecule has 1 aromatic rings. The Morgan fingerprint density at radius 1 is 1.56 bits per heavy atom. The summed E-state index contributed by atoms with van der Waals surface area (Å²) < 4.78 is 13.5. The van der Waals surface area contributed by atoms with Crippen molar-refractivity contribution in [1.29, 1.82) is 0 Å². The van der Waals surface area contributed by atoms with Crippen molar-refractivity contribution < 1.29 is 9.18 Å². The van der Waals surface area contributed by atoms with Gasteiger partial charge in [-0.2, -0.15) is 0 Å². The zero-order chi connectivity index (χ0) is 13.1. The van der Waals surface area contributed by atoms with E-state index in [0.29, 0.717) is 11.6 Å². The third-order valence-corrected chi connectivity index (χ3v) is 3.18. The topological polar surface area (TPSA) is 58.4 Å². The molecule has 1 fully saturated rings. The Bertz CT molecular complexity index is 450. The first kappa shape index (κ1) is 12.7. The maximum atomic E-state index is 13.5. The molecule has 3 N–H and O–H groups in total. The summed E-state index contributed by atoms with van der Waals surface area (Å²) in [7, 11) is 0. The molecule has 5 heteroatoms. The Kier molecular flexibility index (Phi) is 3.69. The number of nitrogens with two attached hydrogens (primary N) is 1. The van der Waals surface area contributed by atoms with Gasteiger partial charge in [0.25, 0.3) is 0 Å². The number of urea groups is 1. The molecule has 1 atom stereocenters. The monoisotopic (exact) mass is 251 g/mol. The van der Waals surface area contributed by atoms with Crippen LogP contribution in [-0.2, 0) is 0 Å². The van der Waals surface area contributed by atoms with Crippen LogP contribution in [0.4, 0.5) is 20.6 Å². The van der Waals surface area contributed by atoms with Crippen LogP contribution in [0.2, 0.25) is 0 Å². The zero-order valence-electron chi connectivity index (χ0n) is 10.4. The molecule has 98 valence electrons. The van der Waals surface area contributed by atoms with Crippen LogP contribution >= 0.6 is 0 Å². The first-order chi connectivity index (χ1) is 8.56. The second kappa shape index (κ2) is 5.25. The van der Waals surface area contributed by atoms with Gasteiger partial charge >= 0.3 is 6.03 Å². The molecule has 4 nitrogen and oxygen atoms in total. The highest BCUT2D eigenvalue weighted by Gasteiger charge is 2.21. The lowest BCUT2D eigenvalue weighted by atomic mass is 10.0. The summed E-state index contributed by atoms with van der Waals surface area (Å²) in [5.41, 5.74) is 6.14. The zero-order valence-corrected chi connectivity index (χ0v) is 10.4. The minimum Gasteiger partial charge on any atom is -0.399 e. The number of nitrogen functional groups attached to an aromatic ring is 1. The van der Waals surface area contributed by atoms with Crippen molar-refractivity contribution in [3.63, 3.8) is 0 Å². The number of amides is 2. The standard InChI is InChI=1S/C13H18FN3O/c1-9-3-2-6-17(8-9)13(18)16-12-7-10(15)4-5-11(12)14/h4-5,7,9H,2-3,6,8,15H2,1H3,(H,16,18). The van der Waals surface area contributed by atoms with E-state index in [2.05, 4.69) is 12.2 Å². The number of nitrogens with zero attached hydrogens (tertiary/aromatic N) is 1. The fourth-order valence-corrected chi connectivity index (χ4v) is 2.21. The fourth-order valence-electron chi connectivity index (χ4n) is 2.21. The smallest absolute Gasteiger partial charge is 0.321 e. The van der Waals surface area contributed by atoms with Gasteiger partial charge in [0.1, 0.15) is 5.82 Å². The van der Waals surface area contributed by atoms with Crippen molar-refractivity contribution in [1.82, 2.24) is 4.90 Å². The lowest BCUT2D eigenvalue weighted by Gasteiger charge is -2.31. The van der Waals surface area contributed by atoms with Crippen molar-refractivity contribution in [2.24, 2.45) is 5.92 Å². The van der Waals surface area contributed by atoms with Gasteiger partial charge < -0.3 is 16.0 Å². The summed E-state index contributed by atoms with van der Waals surface area (Å²) in [5.74, 6) is 0.0257. The van der Waals surface area contributed by atoms with E-state index in [0.717, 1.165) is 25.9 Å². The molecule has 0 spiro atoms. The van der Waals surface area contributed by atoms with Gasteiger partial charge in [-0.3, -0.25) is 0 Å². The minimum absolute atomic E-state index is 0.137. The molecular formula is C13H18FN3O. The number of rotatable bonds is 1. The van der Waals surface area contributed by atoms with Crippen LogP contribution in [-0.4, -0.2) is 24.0 Å². The molecule has 2 amide bonds. The van der Waals surface area contributed by atoms with Crippen LogP contribution in [0.25, 0.3) is 0 Å². The van der Waals surface area contributed by atoms with Crippen molar-refractivity contribution in [2.75, 3.05) is 24.1 Å². The molecule has 0 bridgehead atoms. The number of nitrogens with one attached hydrogen (secondary N) is 1. The summed E-state index contributed by atoms with van der Waals surface area (Å²) >= 11 is 0. The summed E-state index contributed by atoms with van der Waals surface area (Å²) in [6.45, 7) is 3.55. The largest absolute Gasteiger partial charge is 0.399 e. The van der Waals surface area contributed by atoms with Gasteiger partial charge in [-0.25, -0.2) is 9.18 Å². The molecule has 0 aliphatic carbocycles. The highest BCUT2D eigenvalue weighted by atomic mass is 19.1. The van der Waals surface area contributed by atoms with E-state index < -0.39 is 5.82 Å². The molecule has 0 saturated carbocycles. The fraction of sp³-hybridized carbons (Fsp3) is 0.462. The Hall–Kier alpha value is -1.78. The van der Waals surface area contributed by atoms with Gasteiger partial charge in [0, 0.05) is 18.8 Å². The number of halogens is 1. The summed E-state index contributed by atoms with van der Waals surface area (Å²) in [4.78, 5) is 13.7. The van der Waals surface area contributed by atoms with E-state index in [-0.39, 0.29) is 11.7 Å². The van der Waals surface area contributed by atoms with Crippen molar-refractivity contribution in [3.8, 4) is 0 Å². The Labute approximate surface area is 106 Å². The molecule has 1 unspecified atom stereocenters. The lowest BCUT2D eigenvalue weighted by Crippen LogP contribution is -2.41. The van der Waals surface area contributed by atoms with Crippen LogP contribution in [0.3, 0.4) is 0 Å². The molecule has 1 aromatic carbocycles. The summed E-state index contributed by atoms with van der Waals surface area (Å²) in [6, 6.07) is 3.89. The van der Waals surface area contributed by atoms with Gasteiger partial charge in [0.15, 0.2) is 0 Å². The third-order valence-electron chi connectivity index (χ3n) is 3.18. The number of anilines is 2. The quantitative estimate of drug-likeness (QED) is 0.754. The van der Waals surface area contributed by atoms with Crippen LogP contribution < -0.4 is 11.1 Å². The lowest BCUT2D eigenvalue weighted by molar-refractivity contribution is 0.182. The van der Waals surface area contributed by atoms with Gasteiger partial charge in [-0.1, -0.05) is 6.92 Å². The molecular weight excluding hydrogens is 233 g/mol. The number of hydrogen-bond donors (Lipinski definition) is 2. The predicted molar refractivity (Wildman–Crippen MR) is 69.8 cm³/mol. The number of carbonyl (C=O) groups is 1. The number of likely N-dealkylation sites (tertiary alicyclic amines) is 1. The Morgan fingerprint density at radius 2 is 2.33 bits per heavy atom. The second-order valence-electron chi connectivity index (χ2n) is 4.86. The maximum absolute atomic E-state index is 13.5. The third kappa shape index (κ3) is 2.91. The molecule has 0 aromatic heterocycles. The minimum atomic E-state index is -0.470. The molecule has 0 radical (unpaired) electrons.